The molecule has 8 heteroatoms. The summed E-state index contributed by atoms with van der Waals surface area (Å²) in [5.41, 5.74) is 1.14. The number of ether oxygens (including phenoxy) is 1. The van der Waals surface area contributed by atoms with E-state index in [1.807, 2.05) is 32.0 Å². The molecule has 0 saturated heterocycles. The Morgan fingerprint density at radius 1 is 1.23 bits per heavy atom. The van der Waals surface area contributed by atoms with Crippen molar-refractivity contribution in [2.45, 2.75) is 26.7 Å². The van der Waals surface area contributed by atoms with Crippen molar-refractivity contribution in [3.8, 4) is 5.75 Å². The fourth-order valence-electron chi connectivity index (χ4n) is 2.56. The number of nitrogens with one attached hydrogen (secondary N) is 2. The number of para-hydroxylation sites is 1. The molecular formula is C18H32N4O3S. The van der Waals surface area contributed by atoms with Crippen molar-refractivity contribution < 1.29 is 13.2 Å². The zero-order chi connectivity index (χ0) is 19.4. The number of nitrogens with zero attached hydrogens (tertiary/aromatic N) is 2. The zero-order valence-electron chi connectivity index (χ0n) is 16.3. The molecule has 7 nitrogen and oxygen atoms in total. The first kappa shape index (κ1) is 22.2. The summed E-state index contributed by atoms with van der Waals surface area (Å²) in [5.74, 6) is 1.63. The van der Waals surface area contributed by atoms with Crippen molar-refractivity contribution in [3.63, 3.8) is 0 Å². The van der Waals surface area contributed by atoms with Gasteiger partial charge < -0.3 is 15.4 Å². The summed E-state index contributed by atoms with van der Waals surface area (Å²) in [6.07, 6.45) is 2.75. The molecule has 148 valence electrons. The highest BCUT2D eigenvalue weighted by atomic mass is 32.2. The van der Waals surface area contributed by atoms with Gasteiger partial charge in [-0.15, -0.1) is 0 Å². The van der Waals surface area contributed by atoms with Crippen molar-refractivity contribution >= 4 is 16.0 Å². The van der Waals surface area contributed by atoms with Crippen LogP contribution >= 0.6 is 0 Å². The second kappa shape index (κ2) is 11.7. The number of rotatable bonds is 11. The lowest BCUT2D eigenvalue weighted by Gasteiger charge is -2.17. The highest BCUT2D eigenvalue weighted by Crippen LogP contribution is 2.17. The molecular weight excluding hydrogens is 352 g/mol. The predicted octanol–water partition coefficient (Wildman–Crippen LogP) is 1.46. The minimum atomic E-state index is -3.14. The van der Waals surface area contributed by atoms with Crippen LogP contribution in [-0.4, -0.2) is 64.8 Å². The SMILES string of the molecule is CCNC(=NCCCN(CC)S(C)(=O)=O)NCCc1ccccc1OC. The summed E-state index contributed by atoms with van der Waals surface area (Å²) in [7, 11) is -1.46. The molecule has 0 aliphatic heterocycles. The fourth-order valence-corrected chi connectivity index (χ4v) is 3.49. The third-order valence-electron chi connectivity index (χ3n) is 3.88. The van der Waals surface area contributed by atoms with Crippen LogP contribution in [0.3, 0.4) is 0 Å². The van der Waals surface area contributed by atoms with Gasteiger partial charge in [-0.1, -0.05) is 25.1 Å². The molecule has 1 rings (SSSR count). The van der Waals surface area contributed by atoms with Gasteiger partial charge in [0.25, 0.3) is 0 Å². The third kappa shape index (κ3) is 8.05. The van der Waals surface area contributed by atoms with Gasteiger partial charge in [-0.3, -0.25) is 4.99 Å². The predicted molar refractivity (Wildman–Crippen MR) is 107 cm³/mol. The minimum Gasteiger partial charge on any atom is -0.496 e. The molecule has 0 radical (unpaired) electrons. The Morgan fingerprint density at radius 2 is 1.96 bits per heavy atom. The highest BCUT2D eigenvalue weighted by molar-refractivity contribution is 7.88. The van der Waals surface area contributed by atoms with E-state index in [2.05, 4.69) is 21.7 Å². The summed E-state index contributed by atoms with van der Waals surface area (Å²) in [6.45, 7) is 6.89. The Morgan fingerprint density at radius 3 is 2.58 bits per heavy atom. The molecule has 0 bridgehead atoms. The molecule has 0 spiro atoms. The van der Waals surface area contributed by atoms with Crippen molar-refractivity contribution in [3.05, 3.63) is 29.8 Å². The average Bonchev–Trinajstić information content (AvgIpc) is 2.60. The molecule has 1 aromatic rings. The second-order valence-corrected chi connectivity index (χ2v) is 7.84. The Balaban J connectivity index is 2.48. The van der Waals surface area contributed by atoms with E-state index >= 15 is 0 Å². The molecule has 2 N–H and O–H groups in total. The van der Waals surface area contributed by atoms with Crippen molar-refractivity contribution in [2.24, 2.45) is 4.99 Å². The van der Waals surface area contributed by atoms with E-state index in [9.17, 15) is 8.42 Å². The van der Waals surface area contributed by atoms with Gasteiger partial charge >= 0.3 is 0 Å². The first-order valence-corrected chi connectivity index (χ1v) is 10.9. The molecule has 0 aliphatic carbocycles. The summed E-state index contributed by atoms with van der Waals surface area (Å²) in [6, 6.07) is 7.96. The molecule has 26 heavy (non-hydrogen) atoms. The maximum atomic E-state index is 11.6. The standard InChI is InChI=1S/C18H32N4O3S/c1-5-19-18(20-13-9-15-22(6-2)26(4,23)24)21-14-12-16-10-7-8-11-17(16)25-3/h7-8,10-11H,5-6,9,12-15H2,1-4H3,(H2,19,20,21). The van der Waals surface area contributed by atoms with E-state index in [0.29, 0.717) is 26.1 Å². The monoisotopic (exact) mass is 384 g/mol. The summed E-state index contributed by atoms with van der Waals surface area (Å²) >= 11 is 0. The molecule has 0 atom stereocenters. The Hall–Kier alpha value is -1.80. The lowest BCUT2D eigenvalue weighted by atomic mass is 10.1. The summed E-state index contributed by atoms with van der Waals surface area (Å²) < 4.78 is 30.0. The van der Waals surface area contributed by atoms with E-state index in [-0.39, 0.29) is 0 Å². The van der Waals surface area contributed by atoms with Gasteiger partial charge in [0.1, 0.15) is 5.75 Å². The third-order valence-corrected chi connectivity index (χ3v) is 5.26. The molecule has 0 aromatic heterocycles. The van der Waals surface area contributed by atoms with Crippen molar-refractivity contribution in [2.75, 3.05) is 46.1 Å². The Bertz CT molecular complexity index is 662. The topological polar surface area (TPSA) is 83.0 Å². The van der Waals surface area contributed by atoms with Gasteiger partial charge in [0.05, 0.1) is 13.4 Å². The summed E-state index contributed by atoms with van der Waals surface area (Å²) in [5, 5.41) is 6.51. The molecule has 0 saturated carbocycles. The molecule has 0 unspecified atom stereocenters. The molecule has 0 heterocycles. The number of hydrogen-bond donors (Lipinski definition) is 2. The lowest BCUT2D eigenvalue weighted by molar-refractivity contribution is 0.409. The van der Waals surface area contributed by atoms with Gasteiger partial charge in [-0.2, -0.15) is 0 Å². The van der Waals surface area contributed by atoms with Crippen LogP contribution in [0.2, 0.25) is 0 Å². The smallest absolute Gasteiger partial charge is 0.211 e. The molecule has 0 amide bonds. The van der Waals surface area contributed by atoms with Gasteiger partial charge in [0.15, 0.2) is 5.96 Å². The van der Waals surface area contributed by atoms with Gasteiger partial charge in [0, 0.05) is 32.7 Å². The fraction of sp³-hybridized carbons (Fsp3) is 0.611. The zero-order valence-corrected chi connectivity index (χ0v) is 17.1. The van der Waals surface area contributed by atoms with Crippen LogP contribution in [0.5, 0.6) is 5.75 Å². The van der Waals surface area contributed by atoms with Crippen LogP contribution < -0.4 is 15.4 Å². The van der Waals surface area contributed by atoms with Crippen LogP contribution in [0.15, 0.2) is 29.3 Å². The highest BCUT2D eigenvalue weighted by Gasteiger charge is 2.13. The number of guanidine groups is 1. The van der Waals surface area contributed by atoms with E-state index in [1.54, 1.807) is 7.11 Å². The Kier molecular flexibility index (Phi) is 10.0. The number of methoxy groups -OCH3 is 1. The average molecular weight is 385 g/mol. The van der Waals surface area contributed by atoms with Gasteiger partial charge in [0.2, 0.25) is 10.0 Å². The first-order valence-electron chi connectivity index (χ1n) is 9.01. The van der Waals surface area contributed by atoms with Crippen LogP contribution in [0.25, 0.3) is 0 Å². The van der Waals surface area contributed by atoms with Gasteiger partial charge in [-0.25, -0.2) is 12.7 Å². The number of hydrogen-bond acceptors (Lipinski definition) is 4. The van der Waals surface area contributed by atoms with E-state index < -0.39 is 10.0 Å². The maximum absolute atomic E-state index is 11.6. The van der Waals surface area contributed by atoms with Crippen LogP contribution in [0, 0.1) is 0 Å². The minimum absolute atomic E-state index is 0.486. The largest absolute Gasteiger partial charge is 0.496 e. The van der Waals surface area contributed by atoms with Crippen LogP contribution in [-0.2, 0) is 16.4 Å². The normalized spacial score (nSPS) is 12.3. The number of benzene rings is 1. The number of aliphatic imine (C=N–C) groups is 1. The second-order valence-electron chi connectivity index (χ2n) is 5.86. The molecule has 0 fully saturated rings. The Labute approximate surface area is 157 Å². The van der Waals surface area contributed by atoms with E-state index in [4.69, 9.17) is 4.74 Å². The number of sulfonamides is 1. The first-order chi connectivity index (χ1) is 12.4. The lowest BCUT2D eigenvalue weighted by Crippen LogP contribution is -2.38. The van der Waals surface area contributed by atoms with Crippen molar-refractivity contribution in [1.29, 1.82) is 0 Å². The molecule has 1 aromatic carbocycles. The van der Waals surface area contributed by atoms with E-state index in [1.165, 1.54) is 10.6 Å². The summed E-state index contributed by atoms with van der Waals surface area (Å²) in [4.78, 5) is 4.52. The van der Waals surface area contributed by atoms with Crippen LogP contribution in [0.1, 0.15) is 25.8 Å². The van der Waals surface area contributed by atoms with E-state index in [0.717, 1.165) is 36.8 Å². The maximum Gasteiger partial charge on any atom is 0.211 e. The van der Waals surface area contributed by atoms with Crippen molar-refractivity contribution in [1.82, 2.24) is 14.9 Å². The quantitative estimate of drug-likeness (QED) is 0.343. The van der Waals surface area contributed by atoms with Gasteiger partial charge in [-0.05, 0) is 31.4 Å². The molecule has 0 aliphatic rings. The van der Waals surface area contributed by atoms with Crippen LogP contribution in [0.4, 0.5) is 0 Å².